The predicted octanol–water partition coefficient (Wildman–Crippen LogP) is 2.67. The van der Waals surface area contributed by atoms with E-state index in [1.807, 2.05) is 43.3 Å². The van der Waals surface area contributed by atoms with E-state index >= 15 is 0 Å². The summed E-state index contributed by atoms with van der Waals surface area (Å²) in [7, 11) is 3.90. The van der Waals surface area contributed by atoms with Crippen LogP contribution in [0, 0.1) is 11.3 Å². The van der Waals surface area contributed by atoms with Crippen LogP contribution in [0.15, 0.2) is 28.7 Å². The number of likely N-dealkylation sites (N-methyl/N-ethyl adjacent to an activating group) is 1. The quantitative estimate of drug-likeness (QED) is 0.833. The van der Waals surface area contributed by atoms with Gasteiger partial charge in [0.2, 0.25) is 0 Å². The van der Waals surface area contributed by atoms with Gasteiger partial charge < -0.3 is 9.64 Å². The zero-order chi connectivity index (χ0) is 12.0. The summed E-state index contributed by atoms with van der Waals surface area (Å²) in [5.41, 5.74) is 0. The van der Waals surface area contributed by atoms with E-state index in [1.165, 1.54) is 0 Å². The first-order chi connectivity index (χ1) is 7.63. The van der Waals surface area contributed by atoms with Crippen molar-refractivity contribution >= 4 is 15.9 Å². The van der Waals surface area contributed by atoms with E-state index < -0.39 is 0 Å². The van der Waals surface area contributed by atoms with Gasteiger partial charge in [0, 0.05) is 4.47 Å². The maximum Gasteiger partial charge on any atom is 0.119 e. The summed E-state index contributed by atoms with van der Waals surface area (Å²) in [6, 6.07) is 9.98. The van der Waals surface area contributed by atoms with Crippen LogP contribution in [0.4, 0.5) is 0 Å². The van der Waals surface area contributed by atoms with Crippen molar-refractivity contribution in [1.29, 1.82) is 5.26 Å². The van der Waals surface area contributed by atoms with Crippen LogP contribution in [0.3, 0.4) is 0 Å². The fourth-order valence-electron chi connectivity index (χ4n) is 1.22. The third kappa shape index (κ3) is 4.21. The van der Waals surface area contributed by atoms with Gasteiger partial charge in [-0.1, -0.05) is 15.9 Å². The van der Waals surface area contributed by atoms with Crippen molar-refractivity contribution in [2.75, 3.05) is 20.7 Å². The third-order valence-corrected chi connectivity index (χ3v) is 2.84. The molecular formula is C12H15BrN2O. The lowest BCUT2D eigenvalue weighted by Gasteiger charge is -2.21. The summed E-state index contributed by atoms with van der Waals surface area (Å²) in [6.07, 6.45) is 0.476. The Labute approximate surface area is 105 Å². The number of rotatable bonds is 5. The predicted molar refractivity (Wildman–Crippen MR) is 67.3 cm³/mol. The molecule has 1 atom stereocenters. The second-order valence-corrected chi connectivity index (χ2v) is 4.66. The zero-order valence-electron chi connectivity index (χ0n) is 9.48. The standard InChI is InChI=1S/C12H15BrN2O/c1-15(2)11(7-8-14)9-16-12-5-3-10(13)4-6-12/h3-6,11H,7,9H2,1-2H3. The number of benzene rings is 1. The number of ether oxygens (including phenoxy) is 1. The highest BCUT2D eigenvalue weighted by atomic mass is 79.9. The number of halogens is 1. The minimum absolute atomic E-state index is 0.133. The van der Waals surface area contributed by atoms with Crippen LogP contribution in [0.1, 0.15) is 6.42 Å². The molecule has 0 N–H and O–H groups in total. The lowest BCUT2D eigenvalue weighted by Crippen LogP contribution is -2.33. The van der Waals surface area contributed by atoms with Crippen LogP contribution in [0.5, 0.6) is 5.75 Å². The Morgan fingerprint density at radius 1 is 1.38 bits per heavy atom. The lowest BCUT2D eigenvalue weighted by atomic mass is 10.2. The van der Waals surface area contributed by atoms with Gasteiger partial charge >= 0.3 is 0 Å². The molecule has 86 valence electrons. The van der Waals surface area contributed by atoms with E-state index in [-0.39, 0.29) is 6.04 Å². The number of hydrogen-bond donors (Lipinski definition) is 0. The smallest absolute Gasteiger partial charge is 0.119 e. The number of nitriles is 1. The molecule has 1 unspecified atom stereocenters. The highest BCUT2D eigenvalue weighted by molar-refractivity contribution is 9.10. The Balaban J connectivity index is 2.49. The molecule has 4 heteroatoms. The lowest BCUT2D eigenvalue weighted by molar-refractivity contribution is 0.188. The van der Waals surface area contributed by atoms with Crippen LogP contribution >= 0.6 is 15.9 Å². The summed E-state index contributed by atoms with van der Waals surface area (Å²) in [4.78, 5) is 2.00. The monoisotopic (exact) mass is 282 g/mol. The molecule has 0 saturated carbocycles. The van der Waals surface area contributed by atoms with Crippen molar-refractivity contribution in [1.82, 2.24) is 4.90 Å². The maximum atomic E-state index is 8.68. The van der Waals surface area contributed by atoms with Crippen LogP contribution in [-0.2, 0) is 0 Å². The Morgan fingerprint density at radius 2 is 2.00 bits per heavy atom. The first kappa shape index (κ1) is 13.0. The zero-order valence-corrected chi connectivity index (χ0v) is 11.1. The van der Waals surface area contributed by atoms with E-state index in [9.17, 15) is 0 Å². The molecule has 0 saturated heterocycles. The van der Waals surface area contributed by atoms with Crippen molar-refractivity contribution in [3.63, 3.8) is 0 Å². The Morgan fingerprint density at radius 3 is 2.50 bits per heavy atom. The van der Waals surface area contributed by atoms with Crippen molar-refractivity contribution in [3.05, 3.63) is 28.7 Å². The molecule has 16 heavy (non-hydrogen) atoms. The van der Waals surface area contributed by atoms with Crippen molar-refractivity contribution in [2.24, 2.45) is 0 Å². The second-order valence-electron chi connectivity index (χ2n) is 3.74. The molecule has 0 spiro atoms. The van der Waals surface area contributed by atoms with Crippen LogP contribution in [-0.4, -0.2) is 31.6 Å². The summed E-state index contributed by atoms with van der Waals surface area (Å²) >= 11 is 3.37. The van der Waals surface area contributed by atoms with Crippen LogP contribution in [0.2, 0.25) is 0 Å². The molecule has 0 heterocycles. The third-order valence-electron chi connectivity index (χ3n) is 2.31. The van der Waals surface area contributed by atoms with Gasteiger partial charge in [0.05, 0.1) is 18.5 Å². The van der Waals surface area contributed by atoms with Crippen molar-refractivity contribution < 1.29 is 4.74 Å². The highest BCUT2D eigenvalue weighted by Crippen LogP contribution is 2.16. The minimum atomic E-state index is 0.133. The number of nitrogens with zero attached hydrogens (tertiary/aromatic N) is 2. The van der Waals surface area contributed by atoms with Gasteiger partial charge in [0.25, 0.3) is 0 Å². The van der Waals surface area contributed by atoms with Gasteiger partial charge in [-0.15, -0.1) is 0 Å². The molecular weight excluding hydrogens is 268 g/mol. The Kier molecular flexibility index (Phi) is 5.30. The number of hydrogen-bond acceptors (Lipinski definition) is 3. The van der Waals surface area contributed by atoms with Gasteiger partial charge in [-0.05, 0) is 38.4 Å². The summed E-state index contributed by atoms with van der Waals surface area (Å²) in [5.74, 6) is 0.827. The van der Waals surface area contributed by atoms with E-state index in [2.05, 4.69) is 22.0 Å². The molecule has 0 bridgehead atoms. The molecule has 0 fully saturated rings. The molecule has 0 aliphatic rings. The second kappa shape index (κ2) is 6.51. The van der Waals surface area contributed by atoms with E-state index in [1.54, 1.807) is 0 Å². The van der Waals surface area contributed by atoms with Gasteiger partial charge in [0.15, 0.2) is 0 Å². The normalized spacial score (nSPS) is 12.2. The van der Waals surface area contributed by atoms with Crippen molar-refractivity contribution in [3.8, 4) is 11.8 Å². The average molecular weight is 283 g/mol. The maximum absolute atomic E-state index is 8.68. The molecule has 0 aliphatic carbocycles. The molecule has 1 aromatic carbocycles. The minimum Gasteiger partial charge on any atom is -0.492 e. The average Bonchev–Trinajstić information content (AvgIpc) is 2.26. The SMILES string of the molecule is CN(C)C(CC#N)COc1ccc(Br)cc1. The summed E-state index contributed by atoms with van der Waals surface area (Å²) in [6.45, 7) is 0.530. The first-order valence-electron chi connectivity index (χ1n) is 5.05. The molecule has 1 aromatic rings. The molecule has 0 aliphatic heterocycles. The summed E-state index contributed by atoms with van der Waals surface area (Å²) in [5, 5.41) is 8.68. The molecule has 0 aromatic heterocycles. The van der Waals surface area contributed by atoms with Gasteiger partial charge in [-0.2, -0.15) is 5.26 Å². The molecule has 0 amide bonds. The topological polar surface area (TPSA) is 36.3 Å². The van der Waals surface area contributed by atoms with Gasteiger partial charge in [-0.25, -0.2) is 0 Å². The van der Waals surface area contributed by atoms with Crippen molar-refractivity contribution in [2.45, 2.75) is 12.5 Å². The Hall–Kier alpha value is -1.05. The fourth-order valence-corrected chi connectivity index (χ4v) is 1.48. The van der Waals surface area contributed by atoms with Crippen LogP contribution in [0.25, 0.3) is 0 Å². The summed E-state index contributed by atoms with van der Waals surface area (Å²) < 4.78 is 6.65. The fraction of sp³-hybridized carbons (Fsp3) is 0.417. The molecule has 0 radical (unpaired) electrons. The molecule has 1 rings (SSSR count). The first-order valence-corrected chi connectivity index (χ1v) is 5.84. The van der Waals surface area contributed by atoms with Gasteiger partial charge in [-0.3, -0.25) is 0 Å². The molecule has 3 nitrogen and oxygen atoms in total. The van der Waals surface area contributed by atoms with E-state index in [0.29, 0.717) is 13.0 Å². The van der Waals surface area contributed by atoms with E-state index in [4.69, 9.17) is 10.00 Å². The van der Waals surface area contributed by atoms with E-state index in [0.717, 1.165) is 10.2 Å². The Bertz CT molecular complexity index is 356. The highest BCUT2D eigenvalue weighted by Gasteiger charge is 2.11. The largest absolute Gasteiger partial charge is 0.492 e. The van der Waals surface area contributed by atoms with Crippen LogP contribution < -0.4 is 4.74 Å². The van der Waals surface area contributed by atoms with Gasteiger partial charge in [0.1, 0.15) is 12.4 Å².